The third-order valence-electron chi connectivity index (χ3n) is 9.83. The molecule has 4 aliphatic heterocycles. The largest absolute Gasteiger partial charge is 0.338 e. The van der Waals surface area contributed by atoms with Crippen LogP contribution in [0.15, 0.2) is 64.1 Å². The lowest BCUT2D eigenvalue weighted by Crippen LogP contribution is -2.57. The van der Waals surface area contributed by atoms with E-state index < -0.39 is 11.6 Å². The van der Waals surface area contributed by atoms with Crippen LogP contribution in [0.5, 0.6) is 0 Å². The van der Waals surface area contributed by atoms with Gasteiger partial charge in [0.2, 0.25) is 5.91 Å². The zero-order chi connectivity index (χ0) is 31.5. The molecular weight excluding hydrogens is 613 g/mol. The van der Waals surface area contributed by atoms with Crippen LogP contribution in [0.25, 0.3) is 0 Å². The predicted octanol–water partition coefficient (Wildman–Crippen LogP) is 6.78. The molecule has 0 aromatic heterocycles. The highest BCUT2D eigenvalue weighted by Gasteiger charge is 2.54. The molecule has 4 heterocycles. The molecule has 5 atom stereocenters. The van der Waals surface area contributed by atoms with Gasteiger partial charge < -0.3 is 19.6 Å². The molecule has 2 aromatic carbocycles. The number of fused-ring (bicyclic) bond motifs is 1. The molecule has 234 valence electrons. The normalized spacial score (nSPS) is 29.1. The highest BCUT2D eigenvalue weighted by Crippen LogP contribution is 2.56. The van der Waals surface area contributed by atoms with Crippen LogP contribution >= 0.6 is 35.0 Å². The quantitative estimate of drug-likeness (QED) is 0.356. The van der Waals surface area contributed by atoms with E-state index in [4.69, 9.17) is 28.2 Å². The third kappa shape index (κ3) is 5.36. The average Bonchev–Trinajstić information content (AvgIpc) is 3.64. The van der Waals surface area contributed by atoms with Crippen molar-refractivity contribution in [1.82, 2.24) is 19.6 Å². The molecule has 2 saturated heterocycles. The fraction of sp³-hybridized carbons (Fsp3) is 0.500. The maximum absolute atomic E-state index is 14.6. The number of likely N-dealkylation sites (N-methyl/N-ethyl adjacent to an activating group) is 1. The van der Waals surface area contributed by atoms with Gasteiger partial charge in [-0.15, -0.1) is 0 Å². The van der Waals surface area contributed by atoms with Crippen molar-refractivity contribution in [3.05, 3.63) is 80.3 Å². The Morgan fingerprint density at radius 2 is 1.59 bits per heavy atom. The first-order chi connectivity index (χ1) is 20.9. The fourth-order valence-corrected chi connectivity index (χ4v) is 8.81. The number of aliphatic imine (C=N–C) groups is 1. The second kappa shape index (κ2) is 12.0. The molecule has 0 spiro atoms. The molecule has 2 aromatic rings. The molecule has 0 saturated carbocycles. The van der Waals surface area contributed by atoms with Crippen molar-refractivity contribution in [2.75, 3.05) is 26.7 Å². The number of amides is 2. The fourth-order valence-electron chi connectivity index (χ4n) is 7.21. The van der Waals surface area contributed by atoms with Gasteiger partial charge in [-0.1, -0.05) is 61.3 Å². The first-order valence-corrected chi connectivity index (χ1v) is 17.1. The van der Waals surface area contributed by atoms with Gasteiger partial charge >= 0.3 is 0 Å². The highest BCUT2D eigenvalue weighted by atomic mass is 35.5. The molecule has 44 heavy (non-hydrogen) atoms. The number of nitrogens with zero attached hydrogens (tertiary/aromatic N) is 5. The van der Waals surface area contributed by atoms with Crippen LogP contribution < -0.4 is 0 Å². The van der Waals surface area contributed by atoms with Crippen molar-refractivity contribution in [2.45, 2.75) is 77.2 Å². The minimum atomic E-state index is -0.632. The molecule has 6 rings (SSSR count). The van der Waals surface area contributed by atoms with E-state index >= 15 is 0 Å². The molecule has 0 radical (unpaired) electrons. The number of carbonyl (C=O) groups is 2. The molecule has 0 bridgehead atoms. The van der Waals surface area contributed by atoms with Gasteiger partial charge in [-0.25, -0.2) is 4.99 Å². The molecule has 0 unspecified atom stereocenters. The summed E-state index contributed by atoms with van der Waals surface area (Å²) in [5.41, 5.74) is 2.42. The van der Waals surface area contributed by atoms with Crippen molar-refractivity contribution in [3.63, 3.8) is 0 Å². The van der Waals surface area contributed by atoms with E-state index in [1.807, 2.05) is 46.2 Å². The Hall–Kier alpha value is -2.52. The van der Waals surface area contributed by atoms with Gasteiger partial charge in [0, 0.05) is 47.5 Å². The van der Waals surface area contributed by atoms with E-state index in [0.717, 1.165) is 35.0 Å². The lowest BCUT2D eigenvalue weighted by atomic mass is 9.81. The highest BCUT2D eigenvalue weighted by molar-refractivity contribution is 8.18. The zero-order valence-electron chi connectivity index (χ0n) is 26.3. The van der Waals surface area contributed by atoms with E-state index in [1.165, 1.54) is 11.8 Å². The van der Waals surface area contributed by atoms with Crippen molar-refractivity contribution in [1.29, 1.82) is 0 Å². The first kappa shape index (κ1) is 31.5. The second-order valence-electron chi connectivity index (χ2n) is 13.1. The van der Waals surface area contributed by atoms with Gasteiger partial charge in [0.05, 0.1) is 6.04 Å². The van der Waals surface area contributed by atoms with Gasteiger partial charge in [-0.05, 0) is 93.7 Å². The van der Waals surface area contributed by atoms with Gasteiger partial charge in [0.1, 0.15) is 16.5 Å². The monoisotopic (exact) mass is 653 g/mol. The summed E-state index contributed by atoms with van der Waals surface area (Å²) in [5, 5.41) is 2.14. The molecule has 10 heteroatoms. The summed E-state index contributed by atoms with van der Waals surface area (Å²) >= 11 is 14.0. The Balaban J connectivity index is 1.38. The summed E-state index contributed by atoms with van der Waals surface area (Å²) in [6.45, 7) is 12.8. The molecule has 7 nitrogen and oxygen atoms in total. The molecule has 4 aliphatic rings. The standard InChI is InChI=1S/C34H41Cl2N5O2S/c1-20(2)28-29(32(43)40-21(3)7-16-27(40)31(42)39-18-17-38(6)22(4)19-39)44-33-37-34(5,24-10-14-26(36)15-11-24)30(41(28)33)23-8-12-25(35)13-9-23/h8-15,20-22,27,30H,7,16-19H2,1-6H3/t21-,22+,27-,30+,34-/m0/s1. The third-order valence-corrected chi connectivity index (χ3v) is 11.4. The minimum Gasteiger partial charge on any atom is -0.338 e. The number of piperazine rings is 1. The summed E-state index contributed by atoms with van der Waals surface area (Å²) in [6.07, 6.45) is 1.50. The maximum atomic E-state index is 14.6. The second-order valence-corrected chi connectivity index (χ2v) is 15.0. The number of thioether (sulfide) groups is 1. The Labute approximate surface area is 275 Å². The summed E-state index contributed by atoms with van der Waals surface area (Å²) in [4.78, 5) is 42.9. The summed E-state index contributed by atoms with van der Waals surface area (Å²) in [6, 6.07) is 15.4. The Morgan fingerprint density at radius 3 is 2.20 bits per heavy atom. The van der Waals surface area contributed by atoms with E-state index in [9.17, 15) is 9.59 Å². The van der Waals surface area contributed by atoms with Crippen LogP contribution in [0, 0.1) is 5.92 Å². The molecule has 0 aliphatic carbocycles. The number of hydrogen-bond donors (Lipinski definition) is 0. The summed E-state index contributed by atoms with van der Waals surface area (Å²) in [5.74, 6) is 0.0518. The Bertz CT molecular complexity index is 1510. The van der Waals surface area contributed by atoms with Gasteiger partial charge in [-0.2, -0.15) is 0 Å². The lowest BCUT2D eigenvalue weighted by molar-refractivity contribution is -0.144. The van der Waals surface area contributed by atoms with E-state index in [-0.39, 0.29) is 29.8 Å². The van der Waals surface area contributed by atoms with Gasteiger partial charge in [0.15, 0.2) is 5.17 Å². The average molecular weight is 655 g/mol. The Kier molecular flexibility index (Phi) is 8.59. The lowest BCUT2D eigenvalue weighted by Gasteiger charge is -2.40. The number of amidine groups is 1. The molecule has 2 amide bonds. The zero-order valence-corrected chi connectivity index (χ0v) is 28.6. The van der Waals surface area contributed by atoms with Crippen LogP contribution in [-0.4, -0.2) is 81.4 Å². The smallest absolute Gasteiger partial charge is 0.263 e. The molecular formula is C34H41Cl2N5O2S. The van der Waals surface area contributed by atoms with Crippen molar-refractivity contribution >= 4 is 51.9 Å². The van der Waals surface area contributed by atoms with Crippen LogP contribution in [-0.2, 0) is 15.1 Å². The van der Waals surface area contributed by atoms with Gasteiger partial charge in [0.25, 0.3) is 5.91 Å². The number of likely N-dealkylation sites (tertiary alicyclic amines) is 1. The minimum absolute atomic E-state index is 0.0216. The maximum Gasteiger partial charge on any atom is 0.263 e. The van der Waals surface area contributed by atoms with Crippen molar-refractivity contribution in [2.24, 2.45) is 10.9 Å². The summed E-state index contributed by atoms with van der Waals surface area (Å²) < 4.78 is 0. The van der Waals surface area contributed by atoms with Crippen LogP contribution in [0.4, 0.5) is 0 Å². The molecule has 2 fully saturated rings. The van der Waals surface area contributed by atoms with Crippen LogP contribution in [0.2, 0.25) is 10.0 Å². The number of halogens is 2. The van der Waals surface area contributed by atoms with Crippen LogP contribution in [0.1, 0.15) is 64.6 Å². The summed E-state index contributed by atoms with van der Waals surface area (Å²) in [7, 11) is 2.10. The number of benzene rings is 2. The van der Waals surface area contributed by atoms with Crippen molar-refractivity contribution < 1.29 is 9.59 Å². The first-order valence-electron chi connectivity index (χ1n) is 15.5. The van der Waals surface area contributed by atoms with Crippen molar-refractivity contribution in [3.8, 4) is 0 Å². The SMILES string of the molecule is CC(C)C1=C(C(=O)N2[C@@H](C)CC[C@H]2C(=O)N2CCN(C)[C@H](C)C2)SC2=N[C@@](C)(c3ccc(Cl)cc3)[C@@H](c3ccc(Cl)cc3)N21. The number of rotatable bonds is 5. The molecule has 0 N–H and O–H groups in total. The van der Waals surface area contributed by atoms with E-state index in [1.54, 1.807) is 0 Å². The van der Waals surface area contributed by atoms with E-state index in [2.05, 4.69) is 63.6 Å². The van der Waals surface area contributed by atoms with Gasteiger partial charge in [-0.3, -0.25) is 9.59 Å². The number of carbonyl (C=O) groups excluding carboxylic acids is 2. The topological polar surface area (TPSA) is 59.5 Å². The number of allylic oxidation sites excluding steroid dienone is 1. The number of hydrogen-bond acceptors (Lipinski definition) is 6. The predicted molar refractivity (Wildman–Crippen MR) is 180 cm³/mol. The van der Waals surface area contributed by atoms with Crippen LogP contribution in [0.3, 0.4) is 0 Å². The Morgan fingerprint density at radius 1 is 0.955 bits per heavy atom. The van der Waals surface area contributed by atoms with E-state index in [0.29, 0.717) is 40.5 Å².